The van der Waals surface area contributed by atoms with E-state index < -0.39 is 0 Å². The molecule has 1 aliphatic rings. The molecule has 0 saturated heterocycles. The molecule has 2 aromatic carbocycles. The standard InChI is InChI=1S/C32H48O4/c1-8-22-33-24(3)35-29-14-10-26(11-15-29)31(5,6)27-18-20-32(7,21-19-27)28-12-16-30(17-13-28)36-25(4)34-23-9-2/h10-17,24-25,27H,8-9,18-23H2,1-7H3. The topological polar surface area (TPSA) is 36.9 Å². The van der Waals surface area contributed by atoms with Crippen LogP contribution in [0.4, 0.5) is 0 Å². The fourth-order valence-corrected chi connectivity index (χ4v) is 5.42. The molecule has 0 heterocycles. The van der Waals surface area contributed by atoms with Gasteiger partial charge in [-0.25, -0.2) is 0 Å². The molecule has 2 aromatic rings. The first-order valence-corrected chi connectivity index (χ1v) is 14.0. The van der Waals surface area contributed by atoms with Crippen molar-refractivity contribution in [2.24, 2.45) is 5.92 Å². The van der Waals surface area contributed by atoms with Gasteiger partial charge in [-0.2, -0.15) is 0 Å². The third-order valence-electron chi connectivity index (χ3n) is 7.98. The molecule has 4 heteroatoms. The summed E-state index contributed by atoms with van der Waals surface area (Å²) in [5.41, 5.74) is 3.12. The molecular weight excluding hydrogens is 448 g/mol. The van der Waals surface area contributed by atoms with Crippen molar-refractivity contribution in [2.75, 3.05) is 13.2 Å². The first kappa shape index (κ1) is 28.5. The van der Waals surface area contributed by atoms with Crippen molar-refractivity contribution < 1.29 is 18.9 Å². The molecule has 0 bridgehead atoms. The maximum Gasteiger partial charge on any atom is 0.196 e. The van der Waals surface area contributed by atoms with Crippen LogP contribution in [0.3, 0.4) is 0 Å². The smallest absolute Gasteiger partial charge is 0.196 e. The summed E-state index contributed by atoms with van der Waals surface area (Å²) >= 11 is 0. The zero-order valence-electron chi connectivity index (χ0n) is 23.6. The van der Waals surface area contributed by atoms with Crippen molar-refractivity contribution in [3.05, 3.63) is 59.7 Å². The van der Waals surface area contributed by atoms with Gasteiger partial charge in [0.05, 0.1) is 13.2 Å². The first-order valence-electron chi connectivity index (χ1n) is 14.0. The molecule has 200 valence electrons. The summed E-state index contributed by atoms with van der Waals surface area (Å²) in [6, 6.07) is 17.3. The Kier molecular flexibility index (Phi) is 10.3. The zero-order valence-corrected chi connectivity index (χ0v) is 23.6. The van der Waals surface area contributed by atoms with Gasteiger partial charge in [-0.05, 0) is 105 Å². The van der Waals surface area contributed by atoms with Crippen LogP contribution in [0.2, 0.25) is 0 Å². The summed E-state index contributed by atoms with van der Waals surface area (Å²) in [5, 5.41) is 0. The molecule has 0 aliphatic heterocycles. The van der Waals surface area contributed by atoms with Crippen molar-refractivity contribution in [1.82, 2.24) is 0 Å². The highest BCUT2D eigenvalue weighted by Gasteiger charge is 2.39. The van der Waals surface area contributed by atoms with Gasteiger partial charge in [0.2, 0.25) is 0 Å². The van der Waals surface area contributed by atoms with Crippen LogP contribution in [0.25, 0.3) is 0 Å². The highest BCUT2D eigenvalue weighted by atomic mass is 16.7. The van der Waals surface area contributed by atoms with E-state index >= 15 is 0 Å². The summed E-state index contributed by atoms with van der Waals surface area (Å²) < 4.78 is 23.1. The Hall–Kier alpha value is -2.04. The van der Waals surface area contributed by atoms with Gasteiger partial charge in [0.25, 0.3) is 0 Å². The van der Waals surface area contributed by atoms with Crippen LogP contribution in [0.15, 0.2) is 48.5 Å². The summed E-state index contributed by atoms with van der Waals surface area (Å²) in [6.07, 6.45) is 6.40. The lowest BCUT2D eigenvalue weighted by molar-refractivity contribution is -0.0666. The number of benzene rings is 2. The second-order valence-electron chi connectivity index (χ2n) is 11.2. The molecule has 0 radical (unpaired) electrons. The van der Waals surface area contributed by atoms with Gasteiger partial charge in [0.15, 0.2) is 12.6 Å². The average Bonchev–Trinajstić information content (AvgIpc) is 2.87. The van der Waals surface area contributed by atoms with E-state index in [4.69, 9.17) is 18.9 Å². The van der Waals surface area contributed by atoms with Crippen LogP contribution < -0.4 is 9.47 Å². The van der Waals surface area contributed by atoms with Crippen molar-refractivity contribution in [1.29, 1.82) is 0 Å². The zero-order chi connectivity index (χ0) is 26.2. The Bertz CT molecular complexity index is 895. The lowest BCUT2D eigenvalue weighted by Gasteiger charge is -2.44. The molecule has 1 saturated carbocycles. The first-order chi connectivity index (χ1) is 17.2. The number of hydrogen-bond acceptors (Lipinski definition) is 4. The summed E-state index contributed by atoms with van der Waals surface area (Å²) in [4.78, 5) is 0. The monoisotopic (exact) mass is 496 g/mol. The summed E-state index contributed by atoms with van der Waals surface area (Å²) in [5.74, 6) is 2.40. The Morgan fingerprint density at radius 1 is 0.778 bits per heavy atom. The molecule has 1 fully saturated rings. The van der Waals surface area contributed by atoms with Gasteiger partial charge < -0.3 is 18.9 Å². The lowest BCUT2D eigenvalue weighted by Crippen LogP contribution is -2.37. The van der Waals surface area contributed by atoms with Crippen LogP contribution in [-0.4, -0.2) is 25.8 Å². The number of rotatable bonds is 13. The lowest BCUT2D eigenvalue weighted by atomic mass is 9.60. The van der Waals surface area contributed by atoms with Crippen molar-refractivity contribution in [3.63, 3.8) is 0 Å². The second-order valence-corrected chi connectivity index (χ2v) is 11.2. The highest BCUT2D eigenvalue weighted by molar-refractivity contribution is 5.34. The molecule has 0 spiro atoms. The largest absolute Gasteiger partial charge is 0.465 e. The van der Waals surface area contributed by atoms with Crippen LogP contribution in [0.1, 0.15) is 98.1 Å². The van der Waals surface area contributed by atoms with Crippen molar-refractivity contribution >= 4 is 0 Å². The van der Waals surface area contributed by atoms with Gasteiger partial charge >= 0.3 is 0 Å². The minimum atomic E-state index is -0.224. The fraction of sp³-hybridized carbons (Fsp3) is 0.625. The Morgan fingerprint density at radius 3 is 1.67 bits per heavy atom. The minimum absolute atomic E-state index is 0.122. The summed E-state index contributed by atoms with van der Waals surface area (Å²) in [7, 11) is 0. The number of ether oxygens (including phenoxy) is 4. The van der Waals surface area contributed by atoms with E-state index in [9.17, 15) is 0 Å². The van der Waals surface area contributed by atoms with E-state index in [-0.39, 0.29) is 23.4 Å². The molecule has 2 unspecified atom stereocenters. The van der Waals surface area contributed by atoms with Crippen molar-refractivity contribution in [3.8, 4) is 11.5 Å². The van der Waals surface area contributed by atoms with Gasteiger partial charge in [-0.1, -0.05) is 58.9 Å². The van der Waals surface area contributed by atoms with Crippen LogP contribution in [0.5, 0.6) is 11.5 Å². The van der Waals surface area contributed by atoms with Gasteiger partial charge in [-0.3, -0.25) is 0 Å². The molecular formula is C32H48O4. The quantitative estimate of drug-likeness (QED) is 0.261. The SMILES string of the molecule is CCCOC(C)Oc1ccc(C2(C)CCC(C(C)(C)c3ccc(OC(C)OCCC)cc3)CC2)cc1. The van der Waals surface area contributed by atoms with Crippen molar-refractivity contribution in [2.45, 2.75) is 110 Å². The molecule has 1 aliphatic carbocycles. The Balaban J connectivity index is 1.57. The minimum Gasteiger partial charge on any atom is -0.465 e. The maximum atomic E-state index is 5.91. The van der Waals surface area contributed by atoms with Crippen LogP contribution >= 0.6 is 0 Å². The highest BCUT2D eigenvalue weighted by Crippen LogP contribution is 2.48. The molecule has 36 heavy (non-hydrogen) atoms. The van der Waals surface area contributed by atoms with Gasteiger partial charge in [0, 0.05) is 0 Å². The third-order valence-corrected chi connectivity index (χ3v) is 7.98. The second kappa shape index (κ2) is 13.0. The predicted molar refractivity (Wildman–Crippen MR) is 148 cm³/mol. The van der Waals surface area contributed by atoms with E-state index in [1.165, 1.54) is 36.8 Å². The van der Waals surface area contributed by atoms with E-state index in [0.717, 1.165) is 37.6 Å². The number of hydrogen-bond donors (Lipinski definition) is 0. The van der Waals surface area contributed by atoms with Crippen LogP contribution in [0, 0.1) is 5.92 Å². The average molecular weight is 497 g/mol. The van der Waals surface area contributed by atoms with Gasteiger partial charge in [0.1, 0.15) is 11.5 Å². The third kappa shape index (κ3) is 7.49. The molecule has 3 rings (SSSR count). The van der Waals surface area contributed by atoms with E-state index in [1.807, 2.05) is 13.8 Å². The Labute approximate surface area is 219 Å². The van der Waals surface area contributed by atoms with Gasteiger partial charge in [-0.15, -0.1) is 0 Å². The molecule has 2 atom stereocenters. The van der Waals surface area contributed by atoms with E-state index in [0.29, 0.717) is 5.92 Å². The van der Waals surface area contributed by atoms with E-state index in [1.54, 1.807) is 0 Å². The molecule has 4 nitrogen and oxygen atoms in total. The fourth-order valence-electron chi connectivity index (χ4n) is 5.42. The molecule has 0 aromatic heterocycles. The normalized spacial score (nSPS) is 22.1. The van der Waals surface area contributed by atoms with E-state index in [2.05, 4.69) is 83.1 Å². The molecule has 0 N–H and O–H groups in total. The molecule has 0 amide bonds. The van der Waals surface area contributed by atoms with Crippen LogP contribution in [-0.2, 0) is 20.3 Å². The Morgan fingerprint density at radius 2 is 1.22 bits per heavy atom. The summed E-state index contributed by atoms with van der Waals surface area (Å²) in [6.45, 7) is 16.8. The predicted octanol–water partition coefficient (Wildman–Crippen LogP) is 8.42. The maximum absolute atomic E-state index is 5.91.